The number of non-ortho nitro benzene ring substituents is 1. The SMILES string of the molecule is CC(COc1ccc([N+](=O)[O-])cc1N)CN1CCCC1. The molecule has 0 aliphatic carbocycles. The molecule has 0 saturated carbocycles. The van der Waals surface area contributed by atoms with Crippen molar-refractivity contribution in [2.24, 2.45) is 5.92 Å². The van der Waals surface area contributed by atoms with E-state index < -0.39 is 4.92 Å². The average Bonchev–Trinajstić information content (AvgIpc) is 2.90. The fourth-order valence-corrected chi connectivity index (χ4v) is 2.47. The van der Waals surface area contributed by atoms with Gasteiger partial charge in [-0.15, -0.1) is 0 Å². The van der Waals surface area contributed by atoms with E-state index in [-0.39, 0.29) is 5.69 Å². The third-order valence-electron chi connectivity index (χ3n) is 3.50. The van der Waals surface area contributed by atoms with Gasteiger partial charge in [0.1, 0.15) is 5.75 Å². The number of ether oxygens (including phenoxy) is 1. The lowest BCUT2D eigenvalue weighted by Gasteiger charge is -2.20. The first kappa shape index (κ1) is 14.6. The number of anilines is 1. The number of nitrogen functional groups attached to an aromatic ring is 1. The Kier molecular flexibility index (Phi) is 4.79. The van der Waals surface area contributed by atoms with Crippen molar-refractivity contribution in [2.75, 3.05) is 32.0 Å². The maximum Gasteiger partial charge on any atom is 0.271 e. The fourth-order valence-electron chi connectivity index (χ4n) is 2.47. The lowest BCUT2D eigenvalue weighted by atomic mass is 10.2. The van der Waals surface area contributed by atoms with Gasteiger partial charge in [0.15, 0.2) is 0 Å². The van der Waals surface area contributed by atoms with Crippen LogP contribution in [0.5, 0.6) is 5.75 Å². The van der Waals surface area contributed by atoms with Crippen molar-refractivity contribution in [3.05, 3.63) is 28.3 Å². The van der Waals surface area contributed by atoms with Crippen LogP contribution in [-0.2, 0) is 0 Å². The van der Waals surface area contributed by atoms with E-state index in [1.807, 2.05) is 0 Å². The molecule has 1 aromatic rings. The number of nitro groups is 1. The molecule has 6 nitrogen and oxygen atoms in total. The quantitative estimate of drug-likeness (QED) is 0.491. The number of rotatable bonds is 6. The molecule has 0 aromatic heterocycles. The van der Waals surface area contributed by atoms with E-state index in [9.17, 15) is 10.1 Å². The Balaban J connectivity index is 1.85. The molecule has 1 aromatic carbocycles. The maximum atomic E-state index is 10.6. The van der Waals surface area contributed by atoms with E-state index in [0.717, 1.165) is 6.54 Å². The van der Waals surface area contributed by atoms with Crippen LogP contribution in [0.1, 0.15) is 19.8 Å². The zero-order valence-electron chi connectivity index (χ0n) is 11.7. The highest BCUT2D eigenvalue weighted by molar-refractivity contribution is 5.58. The molecule has 6 heteroatoms. The minimum Gasteiger partial charge on any atom is -0.491 e. The Morgan fingerprint density at radius 2 is 2.15 bits per heavy atom. The molecular formula is C14H21N3O3. The molecule has 1 unspecified atom stereocenters. The first-order valence-electron chi connectivity index (χ1n) is 6.95. The summed E-state index contributed by atoms with van der Waals surface area (Å²) in [6.07, 6.45) is 2.56. The summed E-state index contributed by atoms with van der Waals surface area (Å²) in [4.78, 5) is 12.6. The van der Waals surface area contributed by atoms with Gasteiger partial charge in [-0.05, 0) is 32.0 Å². The summed E-state index contributed by atoms with van der Waals surface area (Å²) in [5, 5.41) is 10.6. The zero-order valence-corrected chi connectivity index (χ0v) is 11.7. The van der Waals surface area contributed by atoms with Crippen LogP contribution in [0.4, 0.5) is 11.4 Å². The van der Waals surface area contributed by atoms with Crippen molar-refractivity contribution >= 4 is 11.4 Å². The Hall–Kier alpha value is -1.82. The van der Waals surface area contributed by atoms with E-state index in [0.29, 0.717) is 24.0 Å². The summed E-state index contributed by atoms with van der Waals surface area (Å²) in [5.41, 5.74) is 6.07. The number of nitrogens with two attached hydrogens (primary N) is 1. The van der Waals surface area contributed by atoms with E-state index in [1.54, 1.807) is 6.07 Å². The van der Waals surface area contributed by atoms with Crippen molar-refractivity contribution in [3.63, 3.8) is 0 Å². The van der Waals surface area contributed by atoms with E-state index >= 15 is 0 Å². The molecular weight excluding hydrogens is 258 g/mol. The number of hydrogen-bond acceptors (Lipinski definition) is 5. The maximum absolute atomic E-state index is 10.6. The average molecular weight is 279 g/mol. The fraction of sp³-hybridized carbons (Fsp3) is 0.571. The van der Waals surface area contributed by atoms with Crippen molar-refractivity contribution < 1.29 is 9.66 Å². The number of benzene rings is 1. The van der Waals surface area contributed by atoms with Gasteiger partial charge in [0.25, 0.3) is 5.69 Å². The normalized spacial score (nSPS) is 17.1. The highest BCUT2D eigenvalue weighted by Gasteiger charge is 2.16. The van der Waals surface area contributed by atoms with Gasteiger partial charge >= 0.3 is 0 Å². The molecule has 1 atom stereocenters. The van der Waals surface area contributed by atoms with E-state index in [1.165, 1.54) is 38.1 Å². The molecule has 1 fully saturated rings. The summed E-state index contributed by atoms with van der Waals surface area (Å²) < 4.78 is 5.67. The van der Waals surface area contributed by atoms with Crippen LogP contribution in [0.2, 0.25) is 0 Å². The van der Waals surface area contributed by atoms with Crippen LogP contribution in [0, 0.1) is 16.0 Å². The zero-order chi connectivity index (χ0) is 14.5. The van der Waals surface area contributed by atoms with Gasteiger partial charge in [0.05, 0.1) is 17.2 Å². The minimum absolute atomic E-state index is 0.0139. The standard InChI is InChI=1S/C14H21N3O3/c1-11(9-16-6-2-3-7-16)10-20-14-5-4-12(17(18)19)8-13(14)15/h4-5,8,11H,2-3,6-7,9-10,15H2,1H3. The highest BCUT2D eigenvalue weighted by atomic mass is 16.6. The molecule has 1 aliphatic heterocycles. The van der Waals surface area contributed by atoms with Crippen molar-refractivity contribution in [1.29, 1.82) is 0 Å². The van der Waals surface area contributed by atoms with Gasteiger partial charge in [0.2, 0.25) is 0 Å². The molecule has 2 rings (SSSR count). The van der Waals surface area contributed by atoms with Gasteiger partial charge in [-0.25, -0.2) is 0 Å². The summed E-state index contributed by atoms with van der Waals surface area (Å²) in [6.45, 7) is 6.07. The molecule has 1 aliphatic rings. The minimum atomic E-state index is -0.462. The van der Waals surface area contributed by atoms with Gasteiger partial charge in [-0.3, -0.25) is 10.1 Å². The van der Waals surface area contributed by atoms with Gasteiger partial charge in [-0.2, -0.15) is 0 Å². The lowest BCUT2D eigenvalue weighted by molar-refractivity contribution is -0.384. The van der Waals surface area contributed by atoms with Gasteiger partial charge in [-0.1, -0.05) is 6.92 Å². The summed E-state index contributed by atoms with van der Waals surface area (Å²) >= 11 is 0. The highest BCUT2D eigenvalue weighted by Crippen LogP contribution is 2.26. The van der Waals surface area contributed by atoms with Crippen LogP contribution in [0.15, 0.2) is 18.2 Å². The summed E-state index contributed by atoms with van der Waals surface area (Å²) in [6, 6.07) is 4.31. The van der Waals surface area contributed by atoms with Gasteiger partial charge < -0.3 is 15.4 Å². The molecule has 0 bridgehead atoms. The van der Waals surface area contributed by atoms with Crippen LogP contribution in [-0.4, -0.2) is 36.1 Å². The molecule has 0 amide bonds. The number of likely N-dealkylation sites (tertiary alicyclic amines) is 1. The van der Waals surface area contributed by atoms with E-state index in [2.05, 4.69) is 11.8 Å². The first-order valence-corrected chi connectivity index (χ1v) is 6.95. The molecule has 1 saturated heterocycles. The third kappa shape index (κ3) is 3.84. The lowest BCUT2D eigenvalue weighted by Crippen LogP contribution is -2.28. The molecule has 2 N–H and O–H groups in total. The second kappa shape index (κ2) is 6.56. The number of nitrogens with zero attached hydrogens (tertiary/aromatic N) is 2. The molecule has 1 heterocycles. The molecule has 0 spiro atoms. The van der Waals surface area contributed by atoms with Crippen molar-refractivity contribution in [2.45, 2.75) is 19.8 Å². The Bertz CT molecular complexity index is 473. The van der Waals surface area contributed by atoms with Crippen molar-refractivity contribution in [1.82, 2.24) is 4.90 Å². The summed E-state index contributed by atoms with van der Waals surface area (Å²) in [7, 11) is 0. The van der Waals surface area contributed by atoms with Gasteiger partial charge in [0, 0.05) is 24.6 Å². The predicted molar refractivity (Wildman–Crippen MR) is 77.8 cm³/mol. The van der Waals surface area contributed by atoms with E-state index in [4.69, 9.17) is 10.5 Å². The third-order valence-corrected chi connectivity index (χ3v) is 3.50. The Morgan fingerprint density at radius 1 is 1.45 bits per heavy atom. The predicted octanol–water partition coefficient (Wildman–Crippen LogP) is 2.29. The smallest absolute Gasteiger partial charge is 0.271 e. The number of nitro benzene ring substituents is 1. The Labute approximate surface area is 118 Å². The second-order valence-corrected chi connectivity index (χ2v) is 5.40. The molecule has 20 heavy (non-hydrogen) atoms. The first-order chi connectivity index (χ1) is 9.56. The van der Waals surface area contributed by atoms with Crippen LogP contribution in [0.25, 0.3) is 0 Å². The molecule has 110 valence electrons. The van der Waals surface area contributed by atoms with Crippen LogP contribution in [0.3, 0.4) is 0 Å². The van der Waals surface area contributed by atoms with Crippen LogP contribution >= 0.6 is 0 Å². The Morgan fingerprint density at radius 3 is 2.75 bits per heavy atom. The topological polar surface area (TPSA) is 81.6 Å². The summed E-state index contributed by atoms with van der Waals surface area (Å²) in [5.74, 6) is 0.923. The second-order valence-electron chi connectivity index (χ2n) is 5.40. The van der Waals surface area contributed by atoms with Crippen molar-refractivity contribution in [3.8, 4) is 5.75 Å². The van der Waals surface area contributed by atoms with Crippen LogP contribution < -0.4 is 10.5 Å². The largest absolute Gasteiger partial charge is 0.491 e. The molecule has 0 radical (unpaired) electrons. The number of hydrogen-bond donors (Lipinski definition) is 1. The monoisotopic (exact) mass is 279 g/mol.